The number of hydrogen-bond acceptors (Lipinski definition) is 5. The molecule has 20 heavy (non-hydrogen) atoms. The number of H-pyrrole nitrogens is 1. The van der Waals surface area contributed by atoms with Gasteiger partial charge in [0, 0.05) is 22.7 Å². The summed E-state index contributed by atoms with van der Waals surface area (Å²) < 4.78 is 27.0. The first kappa shape index (κ1) is 14.7. The molecular weight excluding hydrogens is 302 g/mol. The third-order valence-corrected chi connectivity index (χ3v) is 5.56. The van der Waals surface area contributed by atoms with Crippen molar-refractivity contribution in [3.63, 3.8) is 0 Å². The van der Waals surface area contributed by atoms with E-state index < -0.39 is 22.0 Å². The molecule has 2 aromatic heterocycles. The molecule has 7 nitrogen and oxygen atoms in total. The molecule has 0 saturated carbocycles. The van der Waals surface area contributed by atoms with Crippen LogP contribution >= 0.6 is 11.3 Å². The molecule has 0 saturated heterocycles. The molecule has 0 fully saturated rings. The number of nitrogens with one attached hydrogen (secondary N) is 2. The lowest BCUT2D eigenvalue weighted by Gasteiger charge is -2.12. The Balaban J connectivity index is 2.29. The van der Waals surface area contributed by atoms with Crippen molar-refractivity contribution in [2.24, 2.45) is 0 Å². The van der Waals surface area contributed by atoms with Crippen molar-refractivity contribution in [3.05, 3.63) is 33.8 Å². The quantitative estimate of drug-likeness (QED) is 0.774. The number of carboxylic acid groups (broad SMARTS) is 1. The average Bonchev–Trinajstić information content (AvgIpc) is 2.96. The number of hydrogen-bond donors (Lipinski definition) is 3. The average molecular weight is 315 g/mol. The Morgan fingerprint density at radius 2 is 2.25 bits per heavy atom. The van der Waals surface area contributed by atoms with Gasteiger partial charge in [0.2, 0.25) is 10.0 Å². The first-order valence-electron chi connectivity index (χ1n) is 5.66. The van der Waals surface area contributed by atoms with Gasteiger partial charge in [-0.15, -0.1) is 11.3 Å². The summed E-state index contributed by atoms with van der Waals surface area (Å²) in [5.74, 6) is -1.14. The Hall–Kier alpha value is -1.71. The van der Waals surface area contributed by atoms with E-state index in [4.69, 9.17) is 5.11 Å². The van der Waals surface area contributed by atoms with Crippen molar-refractivity contribution in [2.75, 3.05) is 0 Å². The van der Waals surface area contributed by atoms with Gasteiger partial charge < -0.3 is 5.11 Å². The van der Waals surface area contributed by atoms with E-state index in [0.29, 0.717) is 10.4 Å². The van der Waals surface area contributed by atoms with Gasteiger partial charge in [0.1, 0.15) is 4.88 Å². The molecule has 0 aliphatic rings. The standard InChI is InChI=1S/C11H13N3O4S2/c1-6(8-4-12-13-5-8)14-20(17,18)10-3-9(11(15)16)19-7(10)2/h3-6,14H,1-2H3,(H,12,13)(H,15,16). The molecule has 2 heterocycles. The summed E-state index contributed by atoms with van der Waals surface area (Å²) in [6.07, 6.45) is 3.12. The Bertz CT molecular complexity index is 719. The minimum Gasteiger partial charge on any atom is -0.477 e. The van der Waals surface area contributed by atoms with Crippen LogP contribution < -0.4 is 4.72 Å². The Labute approximate surface area is 119 Å². The zero-order chi connectivity index (χ0) is 14.9. The van der Waals surface area contributed by atoms with E-state index in [2.05, 4.69) is 14.9 Å². The minimum absolute atomic E-state index is 0.00107. The second-order valence-corrected chi connectivity index (χ2v) is 7.15. The van der Waals surface area contributed by atoms with Gasteiger partial charge in [0.25, 0.3) is 0 Å². The highest BCUT2D eigenvalue weighted by Crippen LogP contribution is 2.26. The number of aromatic carboxylic acids is 1. The molecule has 2 rings (SSSR count). The second-order valence-electron chi connectivity index (χ2n) is 4.21. The summed E-state index contributed by atoms with van der Waals surface area (Å²) in [7, 11) is -3.77. The number of thiophene rings is 1. The van der Waals surface area contributed by atoms with Crippen LogP contribution in [0.1, 0.15) is 33.1 Å². The maximum Gasteiger partial charge on any atom is 0.345 e. The van der Waals surface area contributed by atoms with E-state index in [1.165, 1.54) is 12.3 Å². The summed E-state index contributed by atoms with van der Waals surface area (Å²) in [6, 6.07) is 0.707. The van der Waals surface area contributed by atoms with E-state index in [0.717, 1.165) is 11.3 Å². The van der Waals surface area contributed by atoms with Crippen LogP contribution in [0.15, 0.2) is 23.4 Å². The van der Waals surface area contributed by atoms with E-state index in [-0.39, 0.29) is 9.77 Å². The third kappa shape index (κ3) is 2.89. The summed E-state index contributed by atoms with van der Waals surface area (Å²) in [6.45, 7) is 3.26. The Morgan fingerprint density at radius 1 is 1.55 bits per heavy atom. The number of sulfonamides is 1. The van der Waals surface area contributed by atoms with Crippen molar-refractivity contribution in [1.29, 1.82) is 0 Å². The molecule has 0 amide bonds. The summed E-state index contributed by atoms with van der Waals surface area (Å²) in [5.41, 5.74) is 0.694. The molecule has 0 aliphatic heterocycles. The zero-order valence-corrected chi connectivity index (χ0v) is 12.4. The van der Waals surface area contributed by atoms with Gasteiger partial charge in [-0.1, -0.05) is 0 Å². The monoisotopic (exact) mass is 315 g/mol. The van der Waals surface area contributed by atoms with Crippen molar-refractivity contribution < 1.29 is 18.3 Å². The van der Waals surface area contributed by atoms with Crippen molar-refractivity contribution in [2.45, 2.75) is 24.8 Å². The molecule has 9 heteroatoms. The predicted molar refractivity (Wildman–Crippen MR) is 73.3 cm³/mol. The molecule has 0 aliphatic carbocycles. The van der Waals surface area contributed by atoms with Crippen LogP contribution in [0.25, 0.3) is 0 Å². The van der Waals surface area contributed by atoms with Crippen molar-refractivity contribution in [3.8, 4) is 0 Å². The summed E-state index contributed by atoms with van der Waals surface area (Å²) in [5, 5.41) is 15.3. The van der Waals surface area contributed by atoms with Crippen LogP contribution in [0.4, 0.5) is 0 Å². The normalized spacial score (nSPS) is 13.3. The van der Waals surface area contributed by atoms with Crippen LogP contribution in [0.2, 0.25) is 0 Å². The summed E-state index contributed by atoms with van der Waals surface area (Å²) in [4.78, 5) is 11.3. The first-order chi connectivity index (χ1) is 9.31. The predicted octanol–water partition coefficient (Wildman–Crippen LogP) is 1.52. The van der Waals surface area contributed by atoms with Gasteiger partial charge in [-0.25, -0.2) is 17.9 Å². The van der Waals surface area contributed by atoms with Crippen molar-refractivity contribution >= 4 is 27.3 Å². The molecule has 0 radical (unpaired) electrons. The van der Waals surface area contributed by atoms with Crippen LogP contribution in [0, 0.1) is 6.92 Å². The minimum atomic E-state index is -3.77. The highest BCUT2D eigenvalue weighted by atomic mass is 32.2. The Morgan fingerprint density at radius 3 is 2.75 bits per heavy atom. The smallest absolute Gasteiger partial charge is 0.345 e. The molecule has 0 bridgehead atoms. The van der Waals surface area contributed by atoms with E-state index in [9.17, 15) is 13.2 Å². The zero-order valence-electron chi connectivity index (χ0n) is 10.7. The van der Waals surface area contributed by atoms with E-state index in [1.54, 1.807) is 20.0 Å². The van der Waals surface area contributed by atoms with Crippen LogP contribution in [0.5, 0.6) is 0 Å². The second kappa shape index (κ2) is 5.35. The molecule has 2 aromatic rings. The fourth-order valence-corrected chi connectivity index (χ4v) is 4.36. The van der Waals surface area contributed by atoms with Gasteiger partial charge in [-0.3, -0.25) is 5.10 Å². The lowest BCUT2D eigenvalue weighted by atomic mass is 10.2. The van der Waals surface area contributed by atoms with Gasteiger partial charge in [0.05, 0.1) is 11.1 Å². The van der Waals surface area contributed by atoms with Gasteiger partial charge in [-0.05, 0) is 19.9 Å². The molecular formula is C11H13N3O4S2. The number of rotatable bonds is 5. The summed E-state index contributed by atoms with van der Waals surface area (Å²) >= 11 is 0.937. The maximum absolute atomic E-state index is 12.3. The van der Waals surface area contributed by atoms with Gasteiger partial charge in [0.15, 0.2) is 0 Å². The highest BCUT2D eigenvalue weighted by molar-refractivity contribution is 7.89. The largest absolute Gasteiger partial charge is 0.477 e. The fraction of sp³-hybridized carbons (Fsp3) is 0.273. The van der Waals surface area contributed by atoms with E-state index in [1.807, 2.05) is 0 Å². The third-order valence-electron chi connectivity index (χ3n) is 2.72. The molecule has 1 unspecified atom stereocenters. The van der Waals surface area contributed by atoms with E-state index >= 15 is 0 Å². The topological polar surface area (TPSA) is 112 Å². The number of aromatic nitrogens is 2. The number of aryl methyl sites for hydroxylation is 1. The molecule has 0 aromatic carbocycles. The molecule has 3 N–H and O–H groups in total. The number of aromatic amines is 1. The molecule has 1 atom stereocenters. The fourth-order valence-electron chi connectivity index (χ4n) is 1.70. The number of carbonyl (C=O) groups is 1. The van der Waals surface area contributed by atoms with Crippen molar-refractivity contribution in [1.82, 2.24) is 14.9 Å². The lowest BCUT2D eigenvalue weighted by molar-refractivity contribution is 0.0702. The van der Waals surface area contributed by atoms with Crippen LogP contribution in [-0.4, -0.2) is 29.7 Å². The highest BCUT2D eigenvalue weighted by Gasteiger charge is 2.24. The molecule has 0 spiro atoms. The van der Waals surface area contributed by atoms with Crippen LogP contribution in [0.3, 0.4) is 0 Å². The lowest BCUT2D eigenvalue weighted by Crippen LogP contribution is -2.26. The SMILES string of the molecule is Cc1sc(C(=O)O)cc1S(=O)(=O)NC(C)c1cn[nH]c1. The van der Waals surface area contributed by atoms with Gasteiger partial charge in [-0.2, -0.15) is 5.10 Å². The maximum atomic E-state index is 12.3. The first-order valence-corrected chi connectivity index (χ1v) is 7.96. The van der Waals surface area contributed by atoms with Gasteiger partial charge >= 0.3 is 5.97 Å². The molecule has 108 valence electrons. The number of nitrogens with zero attached hydrogens (tertiary/aromatic N) is 1. The van der Waals surface area contributed by atoms with Crippen LogP contribution in [-0.2, 0) is 10.0 Å². The Kier molecular flexibility index (Phi) is 3.93. The number of carboxylic acids is 1.